The Balaban J connectivity index is 2.29. The van der Waals surface area contributed by atoms with E-state index in [9.17, 15) is 4.79 Å². The predicted molar refractivity (Wildman–Crippen MR) is 75.0 cm³/mol. The average molecular weight is 276 g/mol. The van der Waals surface area contributed by atoms with Gasteiger partial charge in [0.25, 0.3) is 0 Å². The van der Waals surface area contributed by atoms with Gasteiger partial charge in [0.05, 0.1) is 7.11 Å². The highest BCUT2D eigenvalue weighted by Crippen LogP contribution is 2.24. The summed E-state index contributed by atoms with van der Waals surface area (Å²) >= 11 is 5.96. The van der Waals surface area contributed by atoms with Gasteiger partial charge in [0.2, 0.25) is 0 Å². The standard InChI is InChI=1S/C15H14ClNO2/c1-10-9-17-6-5-13(10)14(18)8-11-7-12(16)3-4-15(11)19-2/h3-7,9H,8H2,1-2H3. The Labute approximate surface area is 117 Å². The summed E-state index contributed by atoms with van der Waals surface area (Å²) in [6.45, 7) is 1.87. The Hall–Kier alpha value is -1.87. The molecule has 0 spiro atoms. The van der Waals surface area contributed by atoms with E-state index in [1.807, 2.05) is 6.92 Å². The molecule has 0 unspecified atom stereocenters. The van der Waals surface area contributed by atoms with Gasteiger partial charge in [0, 0.05) is 35.0 Å². The van der Waals surface area contributed by atoms with E-state index in [1.54, 1.807) is 43.8 Å². The van der Waals surface area contributed by atoms with Gasteiger partial charge < -0.3 is 4.74 Å². The van der Waals surface area contributed by atoms with Crippen LogP contribution in [0.1, 0.15) is 21.5 Å². The number of rotatable bonds is 4. The van der Waals surface area contributed by atoms with Gasteiger partial charge in [-0.3, -0.25) is 9.78 Å². The number of aryl methyl sites for hydroxylation is 1. The van der Waals surface area contributed by atoms with Crippen LogP contribution >= 0.6 is 11.6 Å². The highest BCUT2D eigenvalue weighted by molar-refractivity contribution is 6.30. The number of benzene rings is 1. The second-order valence-electron chi connectivity index (χ2n) is 4.25. The number of hydrogen-bond donors (Lipinski definition) is 0. The minimum atomic E-state index is 0.0282. The van der Waals surface area contributed by atoms with E-state index < -0.39 is 0 Å². The fourth-order valence-corrected chi connectivity index (χ4v) is 2.13. The summed E-state index contributed by atoms with van der Waals surface area (Å²) in [5.74, 6) is 0.699. The number of methoxy groups -OCH3 is 1. The Bertz CT molecular complexity index is 611. The van der Waals surface area contributed by atoms with Crippen LogP contribution in [-0.4, -0.2) is 17.9 Å². The van der Waals surface area contributed by atoms with Gasteiger partial charge in [-0.05, 0) is 36.8 Å². The first-order valence-electron chi connectivity index (χ1n) is 5.88. The van der Waals surface area contributed by atoms with Gasteiger partial charge in [0.15, 0.2) is 5.78 Å². The van der Waals surface area contributed by atoms with Crippen molar-refractivity contribution in [2.24, 2.45) is 0 Å². The molecular weight excluding hydrogens is 262 g/mol. The van der Waals surface area contributed by atoms with Crippen LogP contribution in [0.2, 0.25) is 5.02 Å². The smallest absolute Gasteiger partial charge is 0.167 e. The lowest BCUT2D eigenvalue weighted by Crippen LogP contribution is -2.07. The summed E-state index contributed by atoms with van der Waals surface area (Å²) in [4.78, 5) is 16.3. The van der Waals surface area contributed by atoms with Crippen molar-refractivity contribution in [2.45, 2.75) is 13.3 Å². The van der Waals surface area contributed by atoms with Crippen molar-refractivity contribution < 1.29 is 9.53 Å². The summed E-state index contributed by atoms with van der Waals surface area (Å²) in [7, 11) is 1.58. The number of ether oxygens (including phenoxy) is 1. The van der Waals surface area contributed by atoms with E-state index in [0.717, 1.165) is 11.1 Å². The van der Waals surface area contributed by atoms with Gasteiger partial charge in [-0.25, -0.2) is 0 Å². The second-order valence-corrected chi connectivity index (χ2v) is 4.68. The monoisotopic (exact) mass is 275 g/mol. The summed E-state index contributed by atoms with van der Waals surface area (Å²) in [6, 6.07) is 7.00. The van der Waals surface area contributed by atoms with E-state index in [2.05, 4.69) is 4.98 Å². The molecule has 2 aromatic rings. The van der Waals surface area contributed by atoms with E-state index in [-0.39, 0.29) is 12.2 Å². The summed E-state index contributed by atoms with van der Waals surface area (Å²) in [5, 5.41) is 0.593. The molecule has 0 atom stereocenters. The molecule has 0 saturated carbocycles. The molecule has 4 heteroatoms. The van der Waals surface area contributed by atoms with Crippen LogP contribution in [0.5, 0.6) is 5.75 Å². The van der Waals surface area contributed by atoms with Crippen LogP contribution in [0.15, 0.2) is 36.7 Å². The van der Waals surface area contributed by atoms with Gasteiger partial charge >= 0.3 is 0 Å². The molecule has 98 valence electrons. The molecule has 0 radical (unpaired) electrons. The minimum absolute atomic E-state index is 0.0282. The van der Waals surface area contributed by atoms with Crippen molar-refractivity contribution in [1.82, 2.24) is 4.98 Å². The van der Waals surface area contributed by atoms with Gasteiger partial charge in [0.1, 0.15) is 5.75 Å². The lowest BCUT2D eigenvalue weighted by atomic mass is 10.0. The molecule has 1 aromatic carbocycles. The fraction of sp³-hybridized carbons (Fsp3) is 0.200. The third-order valence-corrected chi connectivity index (χ3v) is 3.15. The molecule has 0 aliphatic carbocycles. The molecular formula is C15H14ClNO2. The Morgan fingerprint density at radius 1 is 1.37 bits per heavy atom. The van der Waals surface area contributed by atoms with Crippen LogP contribution in [0.3, 0.4) is 0 Å². The molecule has 0 aliphatic heterocycles. The van der Waals surface area contributed by atoms with Crippen LogP contribution < -0.4 is 4.74 Å². The van der Waals surface area contributed by atoms with Gasteiger partial charge in [-0.2, -0.15) is 0 Å². The Kier molecular flexibility index (Phi) is 4.17. The maximum Gasteiger partial charge on any atom is 0.167 e. The first kappa shape index (κ1) is 13.6. The zero-order valence-corrected chi connectivity index (χ0v) is 11.6. The molecule has 1 heterocycles. The molecule has 19 heavy (non-hydrogen) atoms. The van der Waals surface area contributed by atoms with Crippen molar-refractivity contribution in [3.8, 4) is 5.75 Å². The van der Waals surface area contributed by atoms with Crippen molar-refractivity contribution in [2.75, 3.05) is 7.11 Å². The largest absolute Gasteiger partial charge is 0.496 e. The number of aromatic nitrogens is 1. The molecule has 0 fully saturated rings. The van der Waals surface area contributed by atoms with Crippen LogP contribution in [0.25, 0.3) is 0 Å². The number of pyridine rings is 1. The molecule has 0 aliphatic rings. The number of Topliss-reactive ketones (excluding diaryl/α,β-unsaturated/α-hetero) is 1. The number of hydrogen-bond acceptors (Lipinski definition) is 3. The molecule has 0 bridgehead atoms. The minimum Gasteiger partial charge on any atom is -0.496 e. The average Bonchev–Trinajstić information content (AvgIpc) is 2.39. The van der Waals surface area contributed by atoms with Gasteiger partial charge in [-0.15, -0.1) is 0 Å². The van der Waals surface area contributed by atoms with Crippen molar-refractivity contribution >= 4 is 17.4 Å². The van der Waals surface area contributed by atoms with E-state index >= 15 is 0 Å². The van der Waals surface area contributed by atoms with Crippen LogP contribution in [0.4, 0.5) is 0 Å². The Morgan fingerprint density at radius 3 is 2.84 bits per heavy atom. The first-order chi connectivity index (χ1) is 9.11. The SMILES string of the molecule is COc1ccc(Cl)cc1CC(=O)c1ccncc1C. The summed E-state index contributed by atoms with van der Waals surface area (Å²) < 4.78 is 5.24. The molecule has 0 N–H and O–H groups in total. The third-order valence-electron chi connectivity index (χ3n) is 2.91. The number of nitrogens with zero attached hydrogens (tertiary/aromatic N) is 1. The number of carbonyl (C=O) groups excluding carboxylic acids is 1. The Morgan fingerprint density at radius 2 is 2.16 bits per heavy atom. The van der Waals surface area contributed by atoms with Gasteiger partial charge in [-0.1, -0.05) is 11.6 Å². The van der Waals surface area contributed by atoms with E-state index in [4.69, 9.17) is 16.3 Å². The first-order valence-corrected chi connectivity index (χ1v) is 6.26. The zero-order chi connectivity index (χ0) is 13.8. The molecule has 2 rings (SSSR count). The second kappa shape index (κ2) is 5.85. The lowest BCUT2D eigenvalue weighted by molar-refractivity contribution is 0.0991. The third kappa shape index (κ3) is 3.12. The predicted octanol–water partition coefficient (Wildman–Crippen LogP) is 3.48. The van der Waals surface area contributed by atoms with Crippen LogP contribution in [-0.2, 0) is 6.42 Å². The molecule has 0 amide bonds. The van der Waals surface area contributed by atoms with Crippen molar-refractivity contribution in [3.63, 3.8) is 0 Å². The molecule has 0 saturated heterocycles. The van der Waals surface area contributed by atoms with Crippen molar-refractivity contribution in [1.29, 1.82) is 0 Å². The van der Waals surface area contributed by atoms with E-state index in [0.29, 0.717) is 16.3 Å². The fourth-order valence-electron chi connectivity index (χ4n) is 1.94. The zero-order valence-electron chi connectivity index (χ0n) is 10.8. The summed E-state index contributed by atoms with van der Waals surface area (Å²) in [6.07, 6.45) is 3.56. The number of carbonyl (C=O) groups is 1. The van der Waals surface area contributed by atoms with Crippen LogP contribution in [0, 0.1) is 6.92 Å². The highest BCUT2D eigenvalue weighted by atomic mass is 35.5. The summed E-state index contributed by atoms with van der Waals surface area (Å²) in [5.41, 5.74) is 2.33. The molecule has 3 nitrogen and oxygen atoms in total. The number of ketones is 1. The maximum absolute atomic E-state index is 12.3. The lowest BCUT2D eigenvalue weighted by Gasteiger charge is -2.09. The quantitative estimate of drug-likeness (QED) is 0.802. The highest BCUT2D eigenvalue weighted by Gasteiger charge is 2.13. The topological polar surface area (TPSA) is 39.2 Å². The maximum atomic E-state index is 12.3. The normalized spacial score (nSPS) is 10.3. The van der Waals surface area contributed by atoms with Crippen molar-refractivity contribution in [3.05, 3.63) is 58.4 Å². The number of halogens is 1. The molecule has 1 aromatic heterocycles. The van der Waals surface area contributed by atoms with E-state index in [1.165, 1.54) is 0 Å².